The van der Waals surface area contributed by atoms with Crippen LogP contribution in [-0.4, -0.2) is 37.0 Å². The van der Waals surface area contributed by atoms with Crippen LogP contribution in [0.4, 0.5) is 5.69 Å². The van der Waals surface area contributed by atoms with E-state index in [1.807, 2.05) is 23.1 Å². The van der Waals surface area contributed by atoms with Gasteiger partial charge in [0.1, 0.15) is 0 Å². The smallest absolute Gasteiger partial charge is 0.209 e. The van der Waals surface area contributed by atoms with Crippen molar-refractivity contribution in [1.82, 2.24) is 4.90 Å². The molecule has 15 heavy (non-hydrogen) atoms. The second-order valence-corrected chi connectivity index (χ2v) is 3.98. The first-order valence-corrected chi connectivity index (χ1v) is 5.32. The van der Waals surface area contributed by atoms with Gasteiger partial charge in [-0.2, -0.15) is 0 Å². The third kappa shape index (κ3) is 2.12. The monoisotopic (exact) mass is 204 g/mol. The van der Waals surface area contributed by atoms with Gasteiger partial charge in [-0.1, -0.05) is 18.2 Å². The summed E-state index contributed by atoms with van der Waals surface area (Å²) in [5, 5.41) is 0. The van der Waals surface area contributed by atoms with Crippen LogP contribution in [0.1, 0.15) is 6.92 Å². The molecule has 1 unspecified atom stereocenters. The quantitative estimate of drug-likeness (QED) is 0.679. The second kappa shape index (κ2) is 4.34. The Morgan fingerprint density at radius 2 is 2.00 bits per heavy atom. The number of hydrogen-bond acceptors (Lipinski definition) is 2. The van der Waals surface area contributed by atoms with Crippen LogP contribution in [0.3, 0.4) is 0 Å². The Hall–Kier alpha value is -1.51. The average molecular weight is 204 g/mol. The summed E-state index contributed by atoms with van der Waals surface area (Å²) in [5.41, 5.74) is 1.25. The third-order valence-electron chi connectivity index (χ3n) is 2.90. The van der Waals surface area contributed by atoms with Crippen LogP contribution in [-0.2, 0) is 4.79 Å². The van der Waals surface area contributed by atoms with E-state index in [9.17, 15) is 4.79 Å². The molecular weight excluding hydrogens is 188 g/mol. The van der Waals surface area contributed by atoms with E-state index in [0.29, 0.717) is 6.04 Å². The molecule has 1 atom stereocenters. The molecule has 0 bridgehead atoms. The number of rotatable bonds is 2. The lowest BCUT2D eigenvalue weighted by Crippen LogP contribution is -2.51. The van der Waals surface area contributed by atoms with Gasteiger partial charge in [-0.05, 0) is 19.1 Å². The van der Waals surface area contributed by atoms with Crippen molar-refractivity contribution in [3.63, 3.8) is 0 Å². The predicted molar refractivity (Wildman–Crippen MR) is 60.9 cm³/mol. The third-order valence-corrected chi connectivity index (χ3v) is 2.90. The van der Waals surface area contributed by atoms with Gasteiger partial charge in [0.15, 0.2) is 0 Å². The van der Waals surface area contributed by atoms with Crippen LogP contribution in [0.2, 0.25) is 0 Å². The number of para-hydroxylation sites is 1. The summed E-state index contributed by atoms with van der Waals surface area (Å²) in [4.78, 5) is 14.8. The lowest BCUT2D eigenvalue weighted by atomic mass is 10.1. The Bertz CT molecular complexity index is 326. The first-order chi connectivity index (χ1) is 7.31. The van der Waals surface area contributed by atoms with Crippen molar-refractivity contribution in [2.24, 2.45) is 0 Å². The van der Waals surface area contributed by atoms with Crippen LogP contribution in [0.25, 0.3) is 0 Å². The molecule has 1 saturated heterocycles. The van der Waals surface area contributed by atoms with E-state index in [2.05, 4.69) is 24.0 Å². The molecule has 3 heteroatoms. The summed E-state index contributed by atoms with van der Waals surface area (Å²) < 4.78 is 0. The van der Waals surface area contributed by atoms with Crippen LogP contribution < -0.4 is 4.90 Å². The number of benzene rings is 1. The van der Waals surface area contributed by atoms with Crippen molar-refractivity contribution in [3.05, 3.63) is 30.3 Å². The van der Waals surface area contributed by atoms with Gasteiger partial charge in [0.25, 0.3) is 0 Å². The molecule has 0 aliphatic carbocycles. The zero-order valence-corrected chi connectivity index (χ0v) is 8.97. The number of amides is 1. The van der Waals surface area contributed by atoms with Gasteiger partial charge in [-0.25, -0.2) is 0 Å². The fraction of sp³-hybridized carbons (Fsp3) is 0.417. The average Bonchev–Trinajstić information content (AvgIpc) is 2.30. The van der Waals surface area contributed by atoms with E-state index in [4.69, 9.17) is 0 Å². The Morgan fingerprint density at radius 1 is 1.27 bits per heavy atom. The first-order valence-electron chi connectivity index (χ1n) is 5.32. The number of nitrogens with zero attached hydrogens (tertiary/aromatic N) is 2. The molecule has 1 heterocycles. The summed E-state index contributed by atoms with van der Waals surface area (Å²) in [6.45, 7) is 4.72. The van der Waals surface area contributed by atoms with E-state index in [1.165, 1.54) is 5.69 Å². The molecular formula is C12H16N2O. The largest absolute Gasteiger partial charge is 0.365 e. The van der Waals surface area contributed by atoms with Gasteiger partial charge >= 0.3 is 0 Å². The molecule has 1 aliphatic heterocycles. The molecule has 2 rings (SSSR count). The highest BCUT2D eigenvalue weighted by Crippen LogP contribution is 2.19. The Morgan fingerprint density at radius 3 is 2.60 bits per heavy atom. The van der Waals surface area contributed by atoms with Crippen molar-refractivity contribution < 1.29 is 4.79 Å². The van der Waals surface area contributed by atoms with Gasteiger partial charge in [-0.15, -0.1) is 0 Å². The minimum Gasteiger partial charge on any atom is -0.365 e. The van der Waals surface area contributed by atoms with Crippen LogP contribution in [0, 0.1) is 0 Å². The van der Waals surface area contributed by atoms with Gasteiger partial charge in [0.2, 0.25) is 6.41 Å². The van der Waals surface area contributed by atoms with Crippen LogP contribution >= 0.6 is 0 Å². The van der Waals surface area contributed by atoms with Crippen molar-refractivity contribution in [2.45, 2.75) is 13.0 Å². The molecule has 0 aromatic heterocycles. The fourth-order valence-electron chi connectivity index (χ4n) is 2.08. The molecule has 0 N–H and O–H groups in total. The van der Waals surface area contributed by atoms with E-state index < -0.39 is 0 Å². The second-order valence-electron chi connectivity index (χ2n) is 3.98. The van der Waals surface area contributed by atoms with Gasteiger partial charge in [0.05, 0.1) is 0 Å². The molecule has 1 aromatic rings. The minimum atomic E-state index is 0.395. The van der Waals surface area contributed by atoms with E-state index in [-0.39, 0.29) is 0 Å². The van der Waals surface area contributed by atoms with E-state index in [1.54, 1.807) is 0 Å². The zero-order chi connectivity index (χ0) is 10.7. The van der Waals surface area contributed by atoms with E-state index >= 15 is 0 Å². The highest BCUT2D eigenvalue weighted by molar-refractivity contribution is 5.51. The summed E-state index contributed by atoms with van der Waals surface area (Å²) in [5.74, 6) is 0. The Labute approximate surface area is 90.3 Å². The van der Waals surface area contributed by atoms with Gasteiger partial charge in [-0.3, -0.25) is 4.79 Å². The van der Waals surface area contributed by atoms with E-state index in [0.717, 1.165) is 26.0 Å². The van der Waals surface area contributed by atoms with Crippen LogP contribution in [0.15, 0.2) is 30.3 Å². The van der Waals surface area contributed by atoms with Gasteiger partial charge in [0, 0.05) is 31.4 Å². The maximum absolute atomic E-state index is 10.7. The SMILES string of the molecule is CC1CN(C=O)CCN1c1ccccc1. The molecule has 1 aliphatic rings. The lowest BCUT2D eigenvalue weighted by Gasteiger charge is -2.39. The molecule has 1 aromatic carbocycles. The molecule has 0 saturated carbocycles. The predicted octanol–water partition coefficient (Wildman–Crippen LogP) is 1.35. The maximum atomic E-state index is 10.7. The number of anilines is 1. The van der Waals surface area contributed by atoms with Crippen LogP contribution in [0.5, 0.6) is 0 Å². The Kier molecular flexibility index (Phi) is 2.90. The molecule has 0 radical (unpaired) electrons. The molecule has 0 spiro atoms. The molecule has 1 amide bonds. The topological polar surface area (TPSA) is 23.6 Å². The normalized spacial score (nSPS) is 21.5. The minimum absolute atomic E-state index is 0.395. The molecule has 1 fully saturated rings. The van der Waals surface area contributed by atoms with Crippen molar-refractivity contribution in [1.29, 1.82) is 0 Å². The lowest BCUT2D eigenvalue weighted by molar-refractivity contribution is -0.118. The summed E-state index contributed by atoms with van der Waals surface area (Å²) >= 11 is 0. The summed E-state index contributed by atoms with van der Waals surface area (Å²) in [6.07, 6.45) is 0.943. The maximum Gasteiger partial charge on any atom is 0.209 e. The highest BCUT2D eigenvalue weighted by atomic mass is 16.1. The number of carbonyl (C=O) groups is 1. The number of hydrogen-bond donors (Lipinski definition) is 0. The van der Waals surface area contributed by atoms with Gasteiger partial charge < -0.3 is 9.80 Å². The highest BCUT2D eigenvalue weighted by Gasteiger charge is 2.22. The first kappa shape index (κ1) is 10.0. The summed E-state index contributed by atoms with van der Waals surface area (Å²) in [7, 11) is 0. The summed E-state index contributed by atoms with van der Waals surface area (Å²) in [6, 6.07) is 10.8. The fourth-order valence-corrected chi connectivity index (χ4v) is 2.08. The van der Waals surface area contributed by atoms with Crippen molar-refractivity contribution in [2.75, 3.05) is 24.5 Å². The van der Waals surface area contributed by atoms with Crippen molar-refractivity contribution in [3.8, 4) is 0 Å². The molecule has 3 nitrogen and oxygen atoms in total. The number of piperazine rings is 1. The standard InChI is InChI=1S/C12H16N2O/c1-11-9-13(10-15)7-8-14(11)12-5-3-2-4-6-12/h2-6,10-11H,7-9H2,1H3. The number of carbonyl (C=O) groups excluding carboxylic acids is 1. The zero-order valence-electron chi connectivity index (χ0n) is 8.97. The van der Waals surface area contributed by atoms with Crippen molar-refractivity contribution >= 4 is 12.1 Å². The molecule has 80 valence electrons. The Balaban J connectivity index is 2.09.